The molecule has 2 aliphatic rings. The van der Waals surface area contributed by atoms with Crippen LogP contribution in [0.15, 0.2) is 24.3 Å². The molecule has 3 rings (SSSR count). The highest BCUT2D eigenvalue weighted by atomic mass is 35.5. The molecular formula is C16H23ClN2O4. The first-order valence-corrected chi connectivity index (χ1v) is 7.77. The molecule has 1 saturated heterocycles. The average molecular weight is 343 g/mol. The van der Waals surface area contributed by atoms with E-state index in [1.165, 1.54) is 0 Å². The molecule has 7 heteroatoms. The molecule has 1 amide bonds. The highest BCUT2D eigenvalue weighted by Crippen LogP contribution is 2.31. The fourth-order valence-electron chi connectivity index (χ4n) is 2.70. The van der Waals surface area contributed by atoms with E-state index in [4.69, 9.17) is 14.2 Å². The third-order valence-electron chi connectivity index (χ3n) is 3.89. The predicted molar refractivity (Wildman–Crippen MR) is 88.5 cm³/mol. The Morgan fingerprint density at radius 3 is 2.83 bits per heavy atom. The number of hydrogen-bond donors (Lipinski definition) is 1. The summed E-state index contributed by atoms with van der Waals surface area (Å²) in [6.07, 6.45) is -0.555. The van der Waals surface area contributed by atoms with E-state index in [0.717, 1.165) is 18.0 Å². The van der Waals surface area contributed by atoms with E-state index in [1.807, 2.05) is 31.2 Å². The summed E-state index contributed by atoms with van der Waals surface area (Å²) in [5, 5.41) is 3.18. The van der Waals surface area contributed by atoms with Crippen molar-refractivity contribution in [3.8, 4) is 11.5 Å². The van der Waals surface area contributed by atoms with Gasteiger partial charge in [-0.1, -0.05) is 12.1 Å². The molecule has 2 atom stereocenters. The number of ether oxygens (including phenoxy) is 3. The Hall–Kier alpha value is -1.50. The fraction of sp³-hybridized carbons (Fsp3) is 0.562. The molecule has 1 N–H and O–H groups in total. The van der Waals surface area contributed by atoms with E-state index in [0.29, 0.717) is 32.8 Å². The molecule has 128 valence electrons. The Balaban J connectivity index is 0.00000192. The van der Waals surface area contributed by atoms with Crippen molar-refractivity contribution in [3.63, 3.8) is 0 Å². The molecule has 6 nitrogen and oxygen atoms in total. The SMILES string of the molecule is CCN(CC1COc2ccccc2O1)C(=O)C1CNCCO1.Cl. The number of carbonyl (C=O) groups is 1. The summed E-state index contributed by atoms with van der Waals surface area (Å²) in [6, 6.07) is 7.59. The predicted octanol–water partition coefficient (Wildman–Crippen LogP) is 1.09. The Bertz CT molecular complexity index is 523. The van der Waals surface area contributed by atoms with Crippen molar-refractivity contribution in [2.75, 3.05) is 39.4 Å². The largest absolute Gasteiger partial charge is 0.486 e. The molecular weight excluding hydrogens is 320 g/mol. The van der Waals surface area contributed by atoms with E-state index in [2.05, 4.69) is 5.32 Å². The number of nitrogens with one attached hydrogen (secondary N) is 1. The average Bonchev–Trinajstić information content (AvgIpc) is 2.59. The maximum absolute atomic E-state index is 12.5. The van der Waals surface area contributed by atoms with Gasteiger partial charge in [-0.3, -0.25) is 4.79 Å². The van der Waals surface area contributed by atoms with Crippen LogP contribution in [0.25, 0.3) is 0 Å². The van der Waals surface area contributed by atoms with E-state index in [1.54, 1.807) is 4.90 Å². The number of nitrogens with zero attached hydrogens (tertiary/aromatic N) is 1. The van der Waals surface area contributed by atoms with Crippen LogP contribution in [0.2, 0.25) is 0 Å². The normalized spacial score (nSPS) is 22.8. The Kier molecular flexibility index (Phi) is 6.50. The first-order valence-electron chi connectivity index (χ1n) is 7.77. The summed E-state index contributed by atoms with van der Waals surface area (Å²) >= 11 is 0. The van der Waals surface area contributed by atoms with Gasteiger partial charge in [0.05, 0.1) is 13.2 Å². The van der Waals surface area contributed by atoms with Crippen molar-refractivity contribution in [1.82, 2.24) is 10.2 Å². The van der Waals surface area contributed by atoms with Gasteiger partial charge in [0.25, 0.3) is 5.91 Å². The van der Waals surface area contributed by atoms with Gasteiger partial charge in [-0.2, -0.15) is 0 Å². The maximum Gasteiger partial charge on any atom is 0.253 e. The monoisotopic (exact) mass is 342 g/mol. The number of halogens is 1. The first kappa shape index (κ1) is 17.8. The summed E-state index contributed by atoms with van der Waals surface area (Å²) in [7, 11) is 0. The quantitative estimate of drug-likeness (QED) is 0.887. The number of fused-ring (bicyclic) bond motifs is 1. The number of carbonyl (C=O) groups excluding carboxylic acids is 1. The highest BCUT2D eigenvalue weighted by Gasteiger charge is 2.30. The minimum atomic E-state index is -0.398. The van der Waals surface area contributed by atoms with Gasteiger partial charge >= 0.3 is 0 Å². The highest BCUT2D eigenvalue weighted by molar-refractivity contribution is 5.85. The zero-order chi connectivity index (χ0) is 15.4. The second-order valence-corrected chi connectivity index (χ2v) is 5.44. The maximum atomic E-state index is 12.5. The lowest BCUT2D eigenvalue weighted by atomic mass is 10.2. The van der Waals surface area contributed by atoms with Crippen LogP contribution < -0.4 is 14.8 Å². The van der Waals surface area contributed by atoms with Gasteiger partial charge in [0, 0.05) is 19.6 Å². The smallest absolute Gasteiger partial charge is 0.253 e. The third kappa shape index (κ3) is 4.28. The summed E-state index contributed by atoms with van der Waals surface area (Å²) in [4.78, 5) is 14.3. The van der Waals surface area contributed by atoms with Crippen LogP contribution in [0.4, 0.5) is 0 Å². The molecule has 23 heavy (non-hydrogen) atoms. The standard InChI is InChI=1S/C16H22N2O4.ClH/c1-2-18(16(19)15-9-17-7-8-20-15)10-12-11-21-13-5-3-4-6-14(13)22-12;/h3-6,12,15,17H,2,7-11H2,1H3;1H. The number of morpholine rings is 1. The van der Waals surface area contributed by atoms with Crippen molar-refractivity contribution in [2.24, 2.45) is 0 Å². The van der Waals surface area contributed by atoms with Gasteiger partial charge in [0.2, 0.25) is 0 Å². The van der Waals surface area contributed by atoms with Gasteiger partial charge in [0.15, 0.2) is 17.6 Å². The van der Waals surface area contributed by atoms with Gasteiger partial charge < -0.3 is 24.4 Å². The number of hydrogen-bond acceptors (Lipinski definition) is 5. The molecule has 0 radical (unpaired) electrons. The minimum Gasteiger partial charge on any atom is -0.486 e. The lowest BCUT2D eigenvalue weighted by Crippen LogP contribution is -2.52. The minimum absolute atomic E-state index is 0. The molecule has 0 aromatic heterocycles. The van der Waals surface area contributed by atoms with Crippen LogP contribution in [-0.2, 0) is 9.53 Å². The van der Waals surface area contributed by atoms with Crippen LogP contribution >= 0.6 is 12.4 Å². The molecule has 2 unspecified atom stereocenters. The van der Waals surface area contributed by atoms with E-state index in [9.17, 15) is 4.79 Å². The van der Waals surface area contributed by atoms with Crippen LogP contribution in [0, 0.1) is 0 Å². The van der Waals surface area contributed by atoms with Crippen LogP contribution in [0.3, 0.4) is 0 Å². The molecule has 0 bridgehead atoms. The summed E-state index contributed by atoms with van der Waals surface area (Å²) in [5.41, 5.74) is 0. The van der Waals surface area contributed by atoms with Gasteiger partial charge in [0.1, 0.15) is 12.7 Å². The molecule has 2 heterocycles. The lowest BCUT2D eigenvalue weighted by Gasteiger charge is -2.33. The van der Waals surface area contributed by atoms with Crippen molar-refractivity contribution in [1.29, 1.82) is 0 Å². The van der Waals surface area contributed by atoms with Crippen LogP contribution in [-0.4, -0.2) is 62.4 Å². The summed E-state index contributed by atoms with van der Waals surface area (Å²) < 4.78 is 17.2. The molecule has 0 aliphatic carbocycles. The third-order valence-corrected chi connectivity index (χ3v) is 3.89. The van der Waals surface area contributed by atoms with Crippen molar-refractivity contribution in [2.45, 2.75) is 19.1 Å². The topological polar surface area (TPSA) is 60.0 Å². The van der Waals surface area contributed by atoms with Gasteiger partial charge in [-0.05, 0) is 19.1 Å². The number of rotatable bonds is 4. The first-order chi connectivity index (χ1) is 10.8. The Morgan fingerprint density at radius 1 is 1.35 bits per heavy atom. The zero-order valence-corrected chi connectivity index (χ0v) is 14.0. The number of benzene rings is 1. The number of para-hydroxylation sites is 2. The Labute approximate surface area is 142 Å². The second-order valence-electron chi connectivity index (χ2n) is 5.44. The lowest BCUT2D eigenvalue weighted by molar-refractivity contribution is -0.146. The second kappa shape index (κ2) is 8.38. The molecule has 1 aromatic carbocycles. The number of likely N-dealkylation sites (N-methyl/N-ethyl adjacent to an activating group) is 1. The summed E-state index contributed by atoms with van der Waals surface area (Å²) in [6.45, 7) is 5.48. The Morgan fingerprint density at radius 2 is 2.13 bits per heavy atom. The molecule has 0 spiro atoms. The zero-order valence-electron chi connectivity index (χ0n) is 13.2. The number of amides is 1. The molecule has 1 fully saturated rings. The van der Waals surface area contributed by atoms with E-state index in [-0.39, 0.29) is 24.4 Å². The molecule has 1 aromatic rings. The van der Waals surface area contributed by atoms with Crippen LogP contribution in [0.5, 0.6) is 11.5 Å². The van der Waals surface area contributed by atoms with E-state index >= 15 is 0 Å². The fourth-order valence-corrected chi connectivity index (χ4v) is 2.70. The van der Waals surface area contributed by atoms with Gasteiger partial charge in [-0.25, -0.2) is 0 Å². The van der Waals surface area contributed by atoms with Crippen molar-refractivity contribution in [3.05, 3.63) is 24.3 Å². The van der Waals surface area contributed by atoms with Crippen molar-refractivity contribution < 1.29 is 19.0 Å². The van der Waals surface area contributed by atoms with E-state index < -0.39 is 6.10 Å². The molecule has 2 aliphatic heterocycles. The van der Waals surface area contributed by atoms with Crippen LogP contribution in [0.1, 0.15) is 6.92 Å². The van der Waals surface area contributed by atoms with Gasteiger partial charge in [-0.15, -0.1) is 12.4 Å². The summed E-state index contributed by atoms with van der Waals surface area (Å²) in [5.74, 6) is 1.50. The van der Waals surface area contributed by atoms with Crippen molar-refractivity contribution >= 4 is 18.3 Å². The molecule has 0 saturated carbocycles.